The largest absolute Gasteiger partial charge is 0.465 e. The van der Waals surface area contributed by atoms with Gasteiger partial charge in [0.15, 0.2) is 0 Å². The number of hydrogen-bond acceptors (Lipinski definition) is 2. The van der Waals surface area contributed by atoms with E-state index in [0.29, 0.717) is 18.8 Å². The van der Waals surface area contributed by atoms with Gasteiger partial charge in [0.2, 0.25) is 5.91 Å². The lowest BCUT2D eigenvalue weighted by atomic mass is 9.70. The van der Waals surface area contributed by atoms with E-state index in [1.807, 2.05) is 20.8 Å². The SMILES string of the molecule is C=CC(CCCC1NC(=O)CC1C)(NC(=O)O)C(C)(C)C. The minimum atomic E-state index is -1.03. The van der Waals surface area contributed by atoms with Gasteiger partial charge in [-0.15, -0.1) is 6.58 Å². The molecule has 1 heterocycles. The summed E-state index contributed by atoms with van der Waals surface area (Å²) >= 11 is 0. The monoisotopic (exact) mass is 296 g/mol. The topological polar surface area (TPSA) is 78.4 Å². The van der Waals surface area contributed by atoms with Crippen molar-refractivity contribution in [1.82, 2.24) is 10.6 Å². The first-order valence-corrected chi connectivity index (χ1v) is 7.55. The summed E-state index contributed by atoms with van der Waals surface area (Å²) in [6.45, 7) is 11.9. The Bertz CT molecular complexity index is 414. The lowest BCUT2D eigenvalue weighted by Crippen LogP contribution is -2.55. The van der Waals surface area contributed by atoms with Crippen LogP contribution < -0.4 is 10.6 Å². The van der Waals surface area contributed by atoms with Crippen molar-refractivity contribution < 1.29 is 14.7 Å². The van der Waals surface area contributed by atoms with Gasteiger partial charge in [0, 0.05) is 12.5 Å². The van der Waals surface area contributed by atoms with Crippen LogP contribution in [0.1, 0.15) is 53.4 Å². The molecule has 0 aromatic carbocycles. The van der Waals surface area contributed by atoms with Crippen LogP contribution in [0.15, 0.2) is 12.7 Å². The first-order chi connectivity index (χ1) is 9.61. The molecule has 5 heteroatoms. The highest BCUT2D eigenvalue weighted by Gasteiger charge is 2.40. The second-order valence-corrected chi connectivity index (χ2v) is 7.10. The van der Waals surface area contributed by atoms with Gasteiger partial charge in [0.1, 0.15) is 0 Å². The third-order valence-electron chi connectivity index (χ3n) is 4.64. The van der Waals surface area contributed by atoms with Gasteiger partial charge in [-0.3, -0.25) is 4.79 Å². The predicted octanol–water partition coefficient (Wildman–Crippen LogP) is 2.92. The Kier molecular flexibility index (Phi) is 5.42. The molecule has 3 N–H and O–H groups in total. The van der Waals surface area contributed by atoms with Gasteiger partial charge in [-0.05, 0) is 30.6 Å². The molecular formula is C16H28N2O3. The molecule has 0 radical (unpaired) electrons. The van der Waals surface area contributed by atoms with Crippen LogP contribution in [0.4, 0.5) is 4.79 Å². The zero-order valence-electron chi connectivity index (χ0n) is 13.5. The van der Waals surface area contributed by atoms with E-state index in [2.05, 4.69) is 24.1 Å². The molecule has 21 heavy (non-hydrogen) atoms. The Labute approximate surface area is 127 Å². The maximum absolute atomic E-state index is 11.4. The van der Waals surface area contributed by atoms with Crippen LogP contribution in [0, 0.1) is 11.3 Å². The molecule has 2 amide bonds. The molecule has 0 aromatic rings. The van der Waals surface area contributed by atoms with E-state index in [0.717, 1.165) is 12.8 Å². The molecule has 1 saturated heterocycles. The summed E-state index contributed by atoms with van der Waals surface area (Å²) in [5.41, 5.74) is -0.928. The van der Waals surface area contributed by atoms with Crippen LogP contribution in [0.3, 0.4) is 0 Å². The highest BCUT2D eigenvalue weighted by atomic mass is 16.4. The molecule has 1 rings (SSSR count). The van der Waals surface area contributed by atoms with E-state index in [1.54, 1.807) is 6.08 Å². The summed E-state index contributed by atoms with van der Waals surface area (Å²) in [5, 5.41) is 14.7. The predicted molar refractivity (Wildman–Crippen MR) is 83.1 cm³/mol. The van der Waals surface area contributed by atoms with E-state index in [1.165, 1.54) is 0 Å². The first-order valence-electron chi connectivity index (χ1n) is 7.55. The molecule has 0 saturated carbocycles. The van der Waals surface area contributed by atoms with Crippen LogP contribution >= 0.6 is 0 Å². The lowest BCUT2D eigenvalue weighted by molar-refractivity contribution is -0.119. The Morgan fingerprint density at radius 2 is 2.14 bits per heavy atom. The second-order valence-electron chi connectivity index (χ2n) is 7.10. The zero-order chi connectivity index (χ0) is 16.3. The van der Waals surface area contributed by atoms with Crippen molar-refractivity contribution in [3.8, 4) is 0 Å². The average molecular weight is 296 g/mol. The van der Waals surface area contributed by atoms with Crippen LogP contribution in [-0.2, 0) is 4.79 Å². The number of hydrogen-bond donors (Lipinski definition) is 3. The number of rotatable bonds is 6. The van der Waals surface area contributed by atoms with Crippen LogP contribution in [-0.4, -0.2) is 28.7 Å². The van der Waals surface area contributed by atoms with Gasteiger partial charge in [-0.1, -0.05) is 33.8 Å². The molecule has 120 valence electrons. The summed E-state index contributed by atoms with van der Waals surface area (Å²) in [5.74, 6) is 0.458. The zero-order valence-corrected chi connectivity index (χ0v) is 13.5. The maximum Gasteiger partial charge on any atom is 0.405 e. The van der Waals surface area contributed by atoms with Gasteiger partial charge in [-0.2, -0.15) is 0 Å². The van der Waals surface area contributed by atoms with Crippen molar-refractivity contribution in [3.05, 3.63) is 12.7 Å². The highest BCUT2D eigenvalue weighted by Crippen LogP contribution is 2.36. The van der Waals surface area contributed by atoms with Crippen molar-refractivity contribution in [3.63, 3.8) is 0 Å². The van der Waals surface area contributed by atoms with E-state index >= 15 is 0 Å². The van der Waals surface area contributed by atoms with Crippen molar-refractivity contribution in [1.29, 1.82) is 0 Å². The standard InChI is InChI=1S/C16H28N2O3/c1-6-16(15(3,4)5,18-14(20)21)9-7-8-12-11(2)10-13(19)17-12/h6,11-12,18H,1,7-10H2,2-5H3,(H,17,19)(H,20,21). The Hall–Kier alpha value is -1.52. The van der Waals surface area contributed by atoms with Crippen molar-refractivity contribution in [2.24, 2.45) is 11.3 Å². The average Bonchev–Trinajstić information content (AvgIpc) is 2.64. The summed E-state index contributed by atoms with van der Waals surface area (Å²) in [6, 6.07) is 0.199. The third-order valence-corrected chi connectivity index (χ3v) is 4.64. The molecule has 1 aliphatic heterocycles. The quantitative estimate of drug-likeness (QED) is 0.659. The number of carbonyl (C=O) groups is 2. The molecule has 3 unspecified atom stereocenters. The van der Waals surface area contributed by atoms with Gasteiger partial charge in [0.05, 0.1) is 5.54 Å². The van der Waals surface area contributed by atoms with Gasteiger partial charge < -0.3 is 15.7 Å². The fourth-order valence-electron chi connectivity index (χ4n) is 3.08. The van der Waals surface area contributed by atoms with Crippen molar-refractivity contribution in [2.45, 2.75) is 65.0 Å². The van der Waals surface area contributed by atoms with Gasteiger partial charge in [0.25, 0.3) is 0 Å². The van der Waals surface area contributed by atoms with Crippen molar-refractivity contribution in [2.75, 3.05) is 0 Å². The van der Waals surface area contributed by atoms with E-state index in [-0.39, 0.29) is 17.4 Å². The van der Waals surface area contributed by atoms with E-state index < -0.39 is 11.6 Å². The molecule has 3 atom stereocenters. The molecule has 0 spiro atoms. The molecule has 0 bridgehead atoms. The number of nitrogens with one attached hydrogen (secondary N) is 2. The Morgan fingerprint density at radius 3 is 2.52 bits per heavy atom. The normalized spacial score (nSPS) is 25.0. The summed E-state index contributed by atoms with van der Waals surface area (Å²) in [4.78, 5) is 22.5. The fraction of sp³-hybridized carbons (Fsp3) is 0.750. The number of carbonyl (C=O) groups excluding carboxylic acids is 1. The van der Waals surface area contributed by atoms with Gasteiger partial charge in [-0.25, -0.2) is 4.79 Å². The fourth-order valence-corrected chi connectivity index (χ4v) is 3.08. The first kappa shape index (κ1) is 17.5. The number of amides is 2. The summed E-state index contributed by atoms with van der Waals surface area (Å²) in [7, 11) is 0. The van der Waals surface area contributed by atoms with Crippen LogP contribution in [0.25, 0.3) is 0 Å². The molecule has 0 aromatic heterocycles. The van der Waals surface area contributed by atoms with E-state index in [4.69, 9.17) is 5.11 Å². The molecular weight excluding hydrogens is 268 g/mol. The maximum atomic E-state index is 11.4. The molecule has 5 nitrogen and oxygen atoms in total. The van der Waals surface area contributed by atoms with Crippen molar-refractivity contribution >= 4 is 12.0 Å². The second kappa shape index (κ2) is 6.50. The molecule has 0 aliphatic carbocycles. The van der Waals surface area contributed by atoms with Gasteiger partial charge >= 0.3 is 6.09 Å². The smallest absolute Gasteiger partial charge is 0.405 e. The lowest BCUT2D eigenvalue weighted by Gasteiger charge is -2.43. The minimum absolute atomic E-state index is 0.113. The van der Waals surface area contributed by atoms with Crippen LogP contribution in [0.2, 0.25) is 0 Å². The van der Waals surface area contributed by atoms with E-state index in [9.17, 15) is 9.59 Å². The summed E-state index contributed by atoms with van der Waals surface area (Å²) < 4.78 is 0. The Balaban J connectivity index is 2.68. The molecule has 1 fully saturated rings. The summed E-state index contributed by atoms with van der Waals surface area (Å²) in [6.07, 6.45) is 3.62. The third kappa shape index (κ3) is 4.22. The number of carboxylic acid groups (broad SMARTS) is 1. The Morgan fingerprint density at radius 1 is 1.52 bits per heavy atom. The molecule has 1 aliphatic rings. The highest BCUT2D eigenvalue weighted by molar-refractivity contribution is 5.78. The van der Waals surface area contributed by atoms with Crippen LogP contribution in [0.5, 0.6) is 0 Å². The minimum Gasteiger partial charge on any atom is -0.465 e.